The summed E-state index contributed by atoms with van der Waals surface area (Å²) in [5.41, 5.74) is 0.937. The van der Waals surface area contributed by atoms with E-state index in [4.69, 9.17) is 16.3 Å². The van der Waals surface area contributed by atoms with E-state index in [-0.39, 0.29) is 5.56 Å². The van der Waals surface area contributed by atoms with Crippen molar-refractivity contribution in [2.24, 2.45) is 0 Å². The molecule has 1 aliphatic heterocycles. The van der Waals surface area contributed by atoms with E-state index in [0.29, 0.717) is 18.8 Å². The Kier molecular flexibility index (Phi) is 2.56. The fourth-order valence-electron chi connectivity index (χ4n) is 1.57. The van der Waals surface area contributed by atoms with Crippen LogP contribution >= 0.6 is 11.6 Å². The summed E-state index contributed by atoms with van der Waals surface area (Å²) >= 11 is 4.75. The molecule has 15 heavy (non-hydrogen) atoms. The Morgan fingerprint density at radius 2 is 2.20 bits per heavy atom. The predicted octanol–water partition coefficient (Wildman–Crippen LogP) is 2.49. The number of fused-ring (bicyclic) bond motifs is 1. The van der Waals surface area contributed by atoms with Gasteiger partial charge in [-0.2, -0.15) is 8.78 Å². The SMILES string of the molecule is OC(c1ccc2c(c1)CCO2)C(F)(F)Cl. The minimum absolute atomic E-state index is 0.110. The van der Waals surface area contributed by atoms with Gasteiger partial charge < -0.3 is 9.84 Å². The molecule has 0 radical (unpaired) electrons. The first-order valence-corrected chi connectivity index (χ1v) is 4.86. The average Bonchev–Trinajstić information content (AvgIpc) is 2.61. The van der Waals surface area contributed by atoms with Crippen molar-refractivity contribution >= 4 is 11.6 Å². The molecule has 1 heterocycles. The number of aliphatic hydroxyl groups excluding tert-OH is 1. The van der Waals surface area contributed by atoms with Crippen molar-refractivity contribution in [1.29, 1.82) is 0 Å². The second kappa shape index (κ2) is 3.61. The largest absolute Gasteiger partial charge is 0.493 e. The summed E-state index contributed by atoms with van der Waals surface area (Å²) in [6, 6.07) is 4.47. The maximum absolute atomic E-state index is 12.6. The van der Waals surface area contributed by atoms with Gasteiger partial charge in [-0.3, -0.25) is 0 Å². The summed E-state index contributed by atoms with van der Waals surface area (Å²) in [5, 5.41) is 5.62. The fraction of sp³-hybridized carbons (Fsp3) is 0.400. The number of hydrogen-bond donors (Lipinski definition) is 1. The Morgan fingerprint density at radius 1 is 1.47 bits per heavy atom. The summed E-state index contributed by atoms with van der Waals surface area (Å²) in [6.45, 7) is 0.548. The minimum atomic E-state index is -3.65. The third-order valence-corrected chi connectivity index (χ3v) is 2.55. The Balaban J connectivity index is 2.31. The molecule has 1 unspecified atom stereocenters. The second-order valence-electron chi connectivity index (χ2n) is 3.41. The molecule has 0 amide bonds. The van der Waals surface area contributed by atoms with Gasteiger partial charge >= 0.3 is 5.38 Å². The molecule has 0 bridgehead atoms. The van der Waals surface area contributed by atoms with Gasteiger partial charge in [0.05, 0.1) is 6.61 Å². The van der Waals surface area contributed by atoms with Gasteiger partial charge in [-0.05, 0) is 34.9 Å². The van der Waals surface area contributed by atoms with Crippen molar-refractivity contribution in [3.05, 3.63) is 29.3 Å². The van der Waals surface area contributed by atoms with Crippen molar-refractivity contribution in [1.82, 2.24) is 0 Å². The molecule has 1 N–H and O–H groups in total. The van der Waals surface area contributed by atoms with Gasteiger partial charge in [0.1, 0.15) is 5.75 Å². The quantitative estimate of drug-likeness (QED) is 0.797. The molecule has 1 aliphatic rings. The van der Waals surface area contributed by atoms with Crippen LogP contribution in [0.3, 0.4) is 0 Å². The van der Waals surface area contributed by atoms with Gasteiger partial charge in [0.25, 0.3) is 0 Å². The Morgan fingerprint density at radius 3 is 2.87 bits per heavy atom. The summed E-state index contributed by atoms with van der Waals surface area (Å²) in [6.07, 6.45) is -1.31. The lowest BCUT2D eigenvalue weighted by Gasteiger charge is -2.16. The highest BCUT2D eigenvalue weighted by molar-refractivity contribution is 6.22. The number of alkyl halides is 3. The number of benzene rings is 1. The van der Waals surface area contributed by atoms with Gasteiger partial charge in [0.2, 0.25) is 0 Å². The molecule has 0 fully saturated rings. The summed E-state index contributed by atoms with van der Waals surface area (Å²) in [4.78, 5) is 0. The van der Waals surface area contributed by atoms with E-state index >= 15 is 0 Å². The van der Waals surface area contributed by atoms with Crippen LogP contribution in [0, 0.1) is 0 Å². The predicted molar refractivity (Wildman–Crippen MR) is 51.4 cm³/mol. The zero-order valence-corrected chi connectivity index (χ0v) is 8.47. The summed E-state index contributed by atoms with van der Waals surface area (Å²) in [5.74, 6) is 0.684. The van der Waals surface area contributed by atoms with Gasteiger partial charge in [0, 0.05) is 6.42 Å². The first-order chi connectivity index (χ1) is 6.98. The maximum Gasteiger partial charge on any atom is 0.351 e. The standard InChI is InChI=1S/C10H9ClF2O2/c11-10(12,13)9(14)7-1-2-8-6(5-7)3-4-15-8/h1-2,5,9,14H,3-4H2. The van der Waals surface area contributed by atoms with Crippen molar-refractivity contribution in [2.45, 2.75) is 17.9 Å². The highest BCUT2D eigenvalue weighted by Crippen LogP contribution is 2.37. The molecular formula is C10H9ClF2O2. The minimum Gasteiger partial charge on any atom is -0.493 e. The van der Waals surface area contributed by atoms with Crippen molar-refractivity contribution in [2.75, 3.05) is 6.61 Å². The molecule has 2 rings (SSSR count). The molecule has 1 atom stereocenters. The molecule has 2 nitrogen and oxygen atoms in total. The number of ether oxygens (including phenoxy) is 1. The Labute approximate surface area is 90.4 Å². The molecular weight excluding hydrogens is 226 g/mol. The van der Waals surface area contributed by atoms with Crippen LogP contribution < -0.4 is 4.74 Å². The lowest BCUT2D eigenvalue weighted by Crippen LogP contribution is -2.18. The number of rotatable bonds is 2. The van der Waals surface area contributed by atoms with Crippen LogP contribution in [-0.2, 0) is 6.42 Å². The Bertz CT molecular complexity index is 376. The van der Waals surface area contributed by atoms with Crippen LogP contribution in [0.25, 0.3) is 0 Å². The molecule has 0 aliphatic carbocycles. The molecule has 82 valence electrons. The average molecular weight is 235 g/mol. The fourth-order valence-corrected chi connectivity index (χ4v) is 1.69. The summed E-state index contributed by atoms with van der Waals surface area (Å²) in [7, 11) is 0. The lowest BCUT2D eigenvalue weighted by molar-refractivity contribution is -0.0424. The van der Waals surface area contributed by atoms with E-state index in [9.17, 15) is 13.9 Å². The van der Waals surface area contributed by atoms with Crippen LogP contribution in [0.5, 0.6) is 5.75 Å². The van der Waals surface area contributed by atoms with Gasteiger partial charge in [-0.1, -0.05) is 6.07 Å². The van der Waals surface area contributed by atoms with Gasteiger partial charge in [-0.25, -0.2) is 0 Å². The van der Waals surface area contributed by atoms with Crippen LogP contribution in [0.15, 0.2) is 18.2 Å². The third-order valence-electron chi connectivity index (χ3n) is 2.34. The van der Waals surface area contributed by atoms with E-state index in [2.05, 4.69) is 0 Å². The van der Waals surface area contributed by atoms with Crippen molar-refractivity contribution < 1.29 is 18.6 Å². The normalized spacial score (nSPS) is 17.1. The monoisotopic (exact) mass is 234 g/mol. The van der Waals surface area contributed by atoms with Gasteiger partial charge in [-0.15, -0.1) is 0 Å². The van der Waals surface area contributed by atoms with E-state index in [1.165, 1.54) is 12.1 Å². The van der Waals surface area contributed by atoms with E-state index in [1.807, 2.05) is 0 Å². The molecule has 1 aromatic carbocycles. The van der Waals surface area contributed by atoms with Gasteiger partial charge in [0.15, 0.2) is 6.10 Å². The maximum atomic E-state index is 12.6. The molecule has 1 aromatic rings. The van der Waals surface area contributed by atoms with E-state index in [1.54, 1.807) is 6.07 Å². The lowest BCUT2D eigenvalue weighted by atomic mass is 10.0. The Hall–Kier alpha value is -0.870. The second-order valence-corrected chi connectivity index (χ2v) is 3.91. The van der Waals surface area contributed by atoms with Crippen LogP contribution in [0.1, 0.15) is 17.2 Å². The smallest absolute Gasteiger partial charge is 0.351 e. The zero-order chi connectivity index (χ0) is 11.1. The van der Waals surface area contributed by atoms with Crippen LogP contribution in [0.2, 0.25) is 0 Å². The molecule has 5 heteroatoms. The molecule has 0 spiro atoms. The summed E-state index contributed by atoms with van der Waals surface area (Å²) < 4.78 is 30.5. The van der Waals surface area contributed by atoms with Crippen LogP contribution in [-0.4, -0.2) is 17.1 Å². The molecule has 0 aromatic heterocycles. The highest BCUT2D eigenvalue weighted by atomic mass is 35.5. The molecule has 0 saturated heterocycles. The zero-order valence-electron chi connectivity index (χ0n) is 7.71. The van der Waals surface area contributed by atoms with Crippen LogP contribution in [0.4, 0.5) is 8.78 Å². The highest BCUT2D eigenvalue weighted by Gasteiger charge is 2.37. The number of hydrogen-bond acceptors (Lipinski definition) is 2. The van der Waals surface area contributed by atoms with Crippen molar-refractivity contribution in [3.63, 3.8) is 0 Å². The topological polar surface area (TPSA) is 29.5 Å². The van der Waals surface area contributed by atoms with E-state index < -0.39 is 11.5 Å². The third kappa shape index (κ3) is 2.06. The first-order valence-electron chi connectivity index (χ1n) is 4.49. The van der Waals surface area contributed by atoms with E-state index in [0.717, 1.165) is 5.56 Å². The molecule has 0 saturated carbocycles. The first kappa shape index (κ1) is 10.6. The number of aliphatic hydroxyl groups is 1. The van der Waals surface area contributed by atoms with Crippen molar-refractivity contribution in [3.8, 4) is 5.75 Å². The number of halogens is 3.